The van der Waals surface area contributed by atoms with Gasteiger partial charge in [0.25, 0.3) is 5.91 Å². The van der Waals surface area contributed by atoms with Crippen LogP contribution in [0.4, 0.5) is 11.5 Å². The molecule has 0 fully saturated rings. The molecule has 0 radical (unpaired) electrons. The lowest BCUT2D eigenvalue weighted by Gasteiger charge is -2.04. The van der Waals surface area contributed by atoms with Gasteiger partial charge >= 0.3 is 0 Å². The van der Waals surface area contributed by atoms with Gasteiger partial charge in [-0.25, -0.2) is 0 Å². The summed E-state index contributed by atoms with van der Waals surface area (Å²) in [4.78, 5) is 11.7. The van der Waals surface area contributed by atoms with E-state index >= 15 is 0 Å². The number of amides is 1. The number of rotatable bonds is 2. The van der Waals surface area contributed by atoms with Crippen LogP contribution in [0, 0.1) is 0 Å². The van der Waals surface area contributed by atoms with Crippen molar-refractivity contribution in [2.75, 3.05) is 11.1 Å². The van der Waals surface area contributed by atoms with Gasteiger partial charge in [0.15, 0.2) is 0 Å². The standard InChI is InChI=1S/C10H8Cl2N4O/c11-6-2-1-5(3-7(6)12)14-10(17)8-4-9(13)16-15-8/h1-4H,(H,14,17)(H3,13,15,16). The van der Waals surface area contributed by atoms with E-state index in [2.05, 4.69) is 15.5 Å². The Labute approximate surface area is 107 Å². The number of nitrogen functional groups attached to an aromatic ring is 1. The van der Waals surface area contributed by atoms with Crippen LogP contribution in [0.2, 0.25) is 10.0 Å². The predicted molar refractivity (Wildman–Crippen MR) is 67.4 cm³/mol. The number of carbonyl (C=O) groups excluding carboxylic acids is 1. The molecule has 5 nitrogen and oxygen atoms in total. The fraction of sp³-hybridized carbons (Fsp3) is 0. The number of nitrogens with two attached hydrogens (primary N) is 1. The van der Waals surface area contributed by atoms with Crippen molar-refractivity contribution in [2.45, 2.75) is 0 Å². The quantitative estimate of drug-likeness (QED) is 0.784. The summed E-state index contributed by atoms with van der Waals surface area (Å²) in [6.07, 6.45) is 0. The maximum Gasteiger partial charge on any atom is 0.273 e. The van der Waals surface area contributed by atoms with Gasteiger partial charge in [0.2, 0.25) is 0 Å². The molecule has 1 aromatic heterocycles. The molecule has 0 aliphatic rings. The summed E-state index contributed by atoms with van der Waals surface area (Å²) in [7, 11) is 0. The second-order valence-electron chi connectivity index (χ2n) is 3.29. The zero-order chi connectivity index (χ0) is 12.4. The van der Waals surface area contributed by atoms with Gasteiger partial charge in [-0.05, 0) is 18.2 Å². The Hall–Kier alpha value is -1.72. The van der Waals surface area contributed by atoms with E-state index in [4.69, 9.17) is 28.9 Å². The predicted octanol–water partition coefficient (Wildman–Crippen LogP) is 2.55. The molecule has 88 valence electrons. The Morgan fingerprint density at radius 2 is 2.06 bits per heavy atom. The van der Waals surface area contributed by atoms with Crippen molar-refractivity contribution in [3.05, 3.63) is 40.0 Å². The first kappa shape index (κ1) is 11.8. The molecule has 0 aliphatic carbocycles. The van der Waals surface area contributed by atoms with Crippen molar-refractivity contribution in [3.63, 3.8) is 0 Å². The number of aromatic amines is 1. The van der Waals surface area contributed by atoms with E-state index in [0.717, 1.165) is 0 Å². The van der Waals surface area contributed by atoms with Gasteiger partial charge in [-0.15, -0.1) is 0 Å². The molecule has 4 N–H and O–H groups in total. The molecule has 1 aromatic carbocycles. The molecule has 2 rings (SSSR count). The minimum atomic E-state index is -0.354. The first-order valence-electron chi connectivity index (χ1n) is 4.63. The normalized spacial score (nSPS) is 10.2. The molecule has 0 spiro atoms. The molecule has 0 aliphatic heterocycles. The highest BCUT2D eigenvalue weighted by molar-refractivity contribution is 6.42. The Morgan fingerprint density at radius 3 is 2.65 bits per heavy atom. The van der Waals surface area contributed by atoms with Crippen molar-refractivity contribution in [1.29, 1.82) is 0 Å². The molecule has 1 heterocycles. The molecule has 0 atom stereocenters. The third-order valence-electron chi connectivity index (χ3n) is 2.02. The second kappa shape index (κ2) is 4.65. The van der Waals surface area contributed by atoms with Crippen LogP contribution in [0.3, 0.4) is 0 Å². The lowest BCUT2D eigenvalue weighted by molar-refractivity contribution is 0.102. The number of nitrogens with one attached hydrogen (secondary N) is 2. The van der Waals surface area contributed by atoms with E-state index in [0.29, 0.717) is 15.7 Å². The van der Waals surface area contributed by atoms with Crippen LogP contribution in [0.5, 0.6) is 0 Å². The summed E-state index contributed by atoms with van der Waals surface area (Å²) in [6.45, 7) is 0. The highest BCUT2D eigenvalue weighted by Gasteiger charge is 2.09. The average molecular weight is 271 g/mol. The number of nitrogens with zero attached hydrogens (tertiary/aromatic N) is 1. The summed E-state index contributed by atoms with van der Waals surface area (Å²) in [6, 6.07) is 6.24. The molecule has 0 bridgehead atoms. The van der Waals surface area contributed by atoms with Gasteiger partial charge in [0.05, 0.1) is 10.0 Å². The van der Waals surface area contributed by atoms with Crippen LogP contribution < -0.4 is 11.1 Å². The molecule has 17 heavy (non-hydrogen) atoms. The molecule has 0 unspecified atom stereocenters. The largest absolute Gasteiger partial charge is 0.382 e. The Bertz CT molecular complexity index is 567. The zero-order valence-corrected chi connectivity index (χ0v) is 10.0. The van der Waals surface area contributed by atoms with E-state index in [1.807, 2.05) is 0 Å². The van der Waals surface area contributed by atoms with Gasteiger partial charge < -0.3 is 11.1 Å². The summed E-state index contributed by atoms with van der Waals surface area (Å²) < 4.78 is 0. The van der Waals surface area contributed by atoms with E-state index in [1.54, 1.807) is 18.2 Å². The van der Waals surface area contributed by atoms with Crippen molar-refractivity contribution in [2.24, 2.45) is 0 Å². The van der Waals surface area contributed by atoms with Crippen molar-refractivity contribution >= 4 is 40.6 Å². The number of aromatic nitrogens is 2. The fourth-order valence-corrected chi connectivity index (χ4v) is 1.52. The van der Waals surface area contributed by atoms with Gasteiger partial charge in [-0.1, -0.05) is 23.2 Å². The smallest absolute Gasteiger partial charge is 0.273 e. The van der Waals surface area contributed by atoms with Crippen molar-refractivity contribution in [3.8, 4) is 0 Å². The topological polar surface area (TPSA) is 83.8 Å². The molecule has 1 amide bonds. The number of H-pyrrole nitrogens is 1. The Balaban J connectivity index is 2.15. The van der Waals surface area contributed by atoms with Crippen LogP contribution >= 0.6 is 23.2 Å². The van der Waals surface area contributed by atoms with Crippen molar-refractivity contribution in [1.82, 2.24) is 10.2 Å². The summed E-state index contributed by atoms with van der Waals surface area (Å²) in [5.74, 6) is -0.100. The van der Waals surface area contributed by atoms with Crippen LogP contribution in [0.15, 0.2) is 24.3 Å². The third kappa shape index (κ3) is 2.69. The lowest BCUT2D eigenvalue weighted by atomic mass is 10.3. The van der Waals surface area contributed by atoms with Gasteiger partial charge in [0.1, 0.15) is 11.5 Å². The Morgan fingerprint density at radius 1 is 1.29 bits per heavy atom. The van der Waals surface area contributed by atoms with Crippen LogP contribution in [0.1, 0.15) is 10.5 Å². The maximum atomic E-state index is 11.7. The molecule has 0 saturated heterocycles. The van der Waals surface area contributed by atoms with Gasteiger partial charge in [-0.2, -0.15) is 5.10 Å². The van der Waals surface area contributed by atoms with E-state index in [9.17, 15) is 4.79 Å². The summed E-state index contributed by atoms with van der Waals surface area (Å²) in [5.41, 5.74) is 6.20. The molecule has 2 aromatic rings. The summed E-state index contributed by atoms with van der Waals surface area (Å²) in [5, 5.41) is 9.59. The number of carbonyl (C=O) groups is 1. The van der Waals surface area contributed by atoms with Crippen LogP contribution in [-0.2, 0) is 0 Å². The maximum absolute atomic E-state index is 11.7. The average Bonchev–Trinajstić information content (AvgIpc) is 2.70. The minimum absolute atomic E-state index is 0.254. The molecular weight excluding hydrogens is 263 g/mol. The number of hydrogen-bond donors (Lipinski definition) is 3. The number of anilines is 2. The first-order chi connectivity index (χ1) is 8.06. The van der Waals surface area contributed by atoms with Gasteiger partial charge in [0, 0.05) is 11.8 Å². The minimum Gasteiger partial charge on any atom is -0.382 e. The second-order valence-corrected chi connectivity index (χ2v) is 4.10. The molecule has 0 saturated carbocycles. The lowest BCUT2D eigenvalue weighted by Crippen LogP contribution is -2.12. The van der Waals surface area contributed by atoms with Crippen LogP contribution in [0.25, 0.3) is 0 Å². The first-order valence-corrected chi connectivity index (χ1v) is 5.39. The number of benzene rings is 1. The summed E-state index contributed by atoms with van der Waals surface area (Å²) >= 11 is 11.6. The van der Waals surface area contributed by atoms with E-state index in [-0.39, 0.29) is 17.4 Å². The van der Waals surface area contributed by atoms with E-state index < -0.39 is 0 Å². The highest BCUT2D eigenvalue weighted by Crippen LogP contribution is 2.25. The SMILES string of the molecule is Nc1cc(C(=O)Nc2ccc(Cl)c(Cl)c2)[nH]n1. The van der Waals surface area contributed by atoms with Crippen LogP contribution in [-0.4, -0.2) is 16.1 Å². The number of hydrogen-bond acceptors (Lipinski definition) is 3. The van der Waals surface area contributed by atoms with Crippen molar-refractivity contribution < 1.29 is 4.79 Å². The monoisotopic (exact) mass is 270 g/mol. The van der Waals surface area contributed by atoms with E-state index in [1.165, 1.54) is 6.07 Å². The number of halogens is 2. The van der Waals surface area contributed by atoms with Gasteiger partial charge in [-0.3, -0.25) is 9.89 Å². The third-order valence-corrected chi connectivity index (χ3v) is 2.76. The molecule has 7 heteroatoms. The Kier molecular flexibility index (Phi) is 3.21. The fourth-order valence-electron chi connectivity index (χ4n) is 1.23. The highest BCUT2D eigenvalue weighted by atomic mass is 35.5. The zero-order valence-electron chi connectivity index (χ0n) is 8.50. The molecular formula is C10H8Cl2N4O.